The minimum Gasteiger partial charge on any atom is -0.478 e. The van der Waals surface area contributed by atoms with Crippen molar-refractivity contribution in [3.8, 4) is 5.75 Å². The lowest BCUT2D eigenvalue weighted by molar-refractivity contribution is -0.145. The first-order chi connectivity index (χ1) is 9.56. The standard InChI is InChI=1S/C16H15ClO3/c1-11-5-2-3-6-12(11)9-15(16(18)19)20-14-8-4-7-13(17)10-14/h2-8,10,15H,9H2,1H3,(H,18,19)/t15-/m1/s1. The van der Waals surface area contributed by atoms with Crippen LogP contribution in [0.5, 0.6) is 5.75 Å². The predicted molar refractivity (Wildman–Crippen MR) is 78.4 cm³/mol. The maximum Gasteiger partial charge on any atom is 0.345 e. The van der Waals surface area contributed by atoms with Crippen molar-refractivity contribution in [2.45, 2.75) is 19.4 Å². The summed E-state index contributed by atoms with van der Waals surface area (Å²) < 4.78 is 5.53. The molecular weight excluding hydrogens is 276 g/mol. The molecule has 2 aromatic rings. The smallest absolute Gasteiger partial charge is 0.345 e. The van der Waals surface area contributed by atoms with Crippen LogP contribution in [0.1, 0.15) is 11.1 Å². The maximum atomic E-state index is 11.3. The molecule has 0 bridgehead atoms. The first kappa shape index (κ1) is 14.4. The Balaban J connectivity index is 2.16. The second-order valence-electron chi connectivity index (χ2n) is 4.53. The van der Waals surface area contributed by atoms with Gasteiger partial charge in [0, 0.05) is 11.4 Å². The van der Waals surface area contributed by atoms with Gasteiger partial charge in [-0.15, -0.1) is 0 Å². The molecular formula is C16H15ClO3. The number of benzene rings is 2. The molecule has 0 aliphatic carbocycles. The van der Waals surface area contributed by atoms with Gasteiger partial charge in [0.2, 0.25) is 0 Å². The average molecular weight is 291 g/mol. The third-order valence-electron chi connectivity index (χ3n) is 3.02. The lowest BCUT2D eigenvalue weighted by Gasteiger charge is -2.16. The van der Waals surface area contributed by atoms with E-state index in [0.717, 1.165) is 11.1 Å². The molecule has 20 heavy (non-hydrogen) atoms. The molecule has 0 aromatic heterocycles. The highest BCUT2D eigenvalue weighted by Crippen LogP contribution is 2.20. The van der Waals surface area contributed by atoms with Crippen molar-refractivity contribution in [3.05, 3.63) is 64.7 Å². The Morgan fingerprint density at radius 2 is 2.00 bits per heavy atom. The molecule has 104 valence electrons. The lowest BCUT2D eigenvalue weighted by atomic mass is 10.0. The Kier molecular flexibility index (Phi) is 4.64. The van der Waals surface area contributed by atoms with Crippen molar-refractivity contribution in [2.75, 3.05) is 0 Å². The van der Waals surface area contributed by atoms with Gasteiger partial charge >= 0.3 is 5.97 Å². The third kappa shape index (κ3) is 3.75. The Labute approximate surface area is 122 Å². The Morgan fingerprint density at radius 3 is 2.65 bits per heavy atom. The Morgan fingerprint density at radius 1 is 1.25 bits per heavy atom. The first-order valence-corrected chi connectivity index (χ1v) is 6.63. The molecule has 0 saturated heterocycles. The van der Waals surface area contributed by atoms with Crippen LogP contribution in [0.4, 0.5) is 0 Å². The van der Waals surface area contributed by atoms with E-state index in [1.54, 1.807) is 24.3 Å². The van der Waals surface area contributed by atoms with Crippen LogP contribution in [0.3, 0.4) is 0 Å². The van der Waals surface area contributed by atoms with Crippen LogP contribution in [0.15, 0.2) is 48.5 Å². The van der Waals surface area contributed by atoms with E-state index in [-0.39, 0.29) is 0 Å². The number of rotatable bonds is 5. The fourth-order valence-electron chi connectivity index (χ4n) is 1.92. The molecule has 0 fully saturated rings. The van der Waals surface area contributed by atoms with Crippen LogP contribution >= 0.6 is 11.6 Å². The molecule has 1 atom stereocenters. The normalized spacial score (nSPS) is 11.9. The number of carboxylic acids is 1. The van der Waals surface area contributed by atoms with E-state index in [1.165, 1.54) is 0 Å². The van der Waals surface area contributed by atoms with Crippen molar-refractivity contribution in [2.24, 2.45) is 0 Å². The first-order valence-electron chi connectivity index (χ1n) is 6.26. The number of aliphatic carboxylic acids is 1. The summed E-state index contributed by atoms with van der Waals surface area (Å²) in [5.41, 5.74) is 2.01. The average Bonchev–Trinajstić information content (AvgIpc) is 2.40. The van der Waals surface area contributed by atoms with Gasteiger partial charge in [-0.2, -0.15) is 0 Å². The Hall–Kier alpha value is -2.00. The monoisotopic (exact) mass is 290 g/mol. The van der Waals surface area contributed by atoms with Crippen molar-refractivity contribution in [1.29, 1.82) is 0 Å². The number of halogens is 1. The number of aryl methyl sites for hydroxylation is 1. The topological polar surface area (TPSA) is 46.5 Å². The molecule has 1 N–H and O–H groups in total. The summed E-state index contributed by atoms with van der Waals surface area (Å²) in [7, 11) is 0. The van der Waals surface area contributed by atoms with Crippen LogP contribution in [-0.2, 0) is 11.2 Å². The molecule has 0 aliphatic rings. The third-order valence-corrected chi connectivity index (χ3v) is 3.25. The van der Waals surface area contributed by atoms with E-state index in [2.05, 4.69) is 0 Å². The van der Waals surface area contributed by atoms with E-state index in [4.69, 9.17) is 16.3 Å². The summed E-state index contributed by atoms with van der Waals surface area (Å²) in [4.78, 5) is 11.3. The second kappa shape index (κ2) is 6.44. The molecule has 0 radical (unpaired) electrons. The molecule has 2 rings (SSSR count). The largest absolute Gasteiger partial charge is 0.478 e. The van der Waals surface area contributed by atoms with Gasteiger partial charge in [0.25, 0.3) is 0 Å². The predicted octanol–water partition coefficient (Wildman–Crippen LogP) is 3.72. The zero-order valence-electron chi connectivity index (χ0n) is 11.0. The van der Waals surface area contributed by atoms with Gasteiger partial charge < -0.3 is 9.84 Å². The van der Waals surface area contributed by atoms with Gasteiger partial charge in [-0.1, -0.05) is 41.9 Å². The van der Waals surface area contributed by atoms with Crippen molar-refractivity contribution >= 4 is 17.6 Å². The zero-order chi connectivity index (χ0) is 14.5. The van der Waals surface area contributed by atoms with Gasteiger partial charge in [0.05, 0.1) is 0 Å². The molecule has 3 nitrogen and oxygen atoms in total. The molecule has 0 saturated carbocycles. The summed E-state index contributed by atoms with van der Waals surface area (Å²) in [5, 5.41) is 9.81. The summed E-state index contributed by atoms with van der Waals surface area (Å²) in [5.74, 6) is -0.535. The number of ether oxygens (including phenoxy) is 1. The Bertz CT molecular complexity index is 610. The molecule has 0 spiro atoms. The van der Waals surface area contributed by atoms with Gasteiger partial charge in [0.15, 0.2) is 6.10 Å². The molecule has 0 heterocycles. The van der Waals surface area contributed by atoms with Crippen molar-refractivity contribution < 1.29 is 14.6 Å². The van der Waals surface area contributed by atoms with Crippen LogP contribution < -0.4 is 4.74 Å². The fourth-order valence-corrected chi connectivity index (χ4v) is 2.10. The zero-order valence-corrected chi connectivity index (χ0v) is 11.8. The van der Waals surface area contributed by atoms with Crippen LogP contribution in [-0.4, -0.2) is 17.2 Å². The highest BCUT2D eigenvalue weighted by atomic mass is 35.5. The van der Waals surface area contributed by atoms with E-state index in [0.29, 0.717) is 17.2 Å². The van der Waals surface area contributed by atoms with Crippen molar-refractivity contribution in [1.82, 2.24) is 0 Å². The van der Waals surface area contributed by atoms with Crippen molar-refractivity contribution in [3.63, 3.8) is 0 Å². The number of hydrogen-bond donors (Lipinski definition) is 1. The molecule has 2 aromatic carbocycles. The SMILES string of the molecule is Cc1ccccc1C[C@@H](Oc1cccc(Cl)c1)C(=O)O. The van der Waals surface area contributed by atoms with E-state index in [9.17, 15) is 9.90 Å². The minimum atomic E-state index is -0.992. The highest BCUT2D eigenvalue weighted by Gasteiger charge is 2.20. The van der Waals surface area contributed by atoms with E-state index in [1.807, 2.05) is 31.2 Å². The quantitative estimate of drug-likeness (QED) is 0.913. The molecule has 0 aliphatic heterocycles. The summed E-state index contributed by atoms with van der Waals surface area (Å²) in [6.45, 7) is 1.95. The molecule has 0 unspecified atom stereocenters. The van der Waals surface area contributed by atoms with Gasteiger partial charge in [-0.05, 0) is 36.2 Å². The van der Waals surface area contributed by atoms with Gasteiger partial charge in [-0.25, -0.2) is 4.79 Å². The minimum absolute atomic E-state index is 0.314. The number of carbonyl (C=O) groups is 1. The van der Waals surface area contributed by atoms with Gasteiger partial charge in [-0.3, -0.25) is 0 Å². The molecule has 0 amide bonds. The summed E-state index contributed by atoms with van der Waals surface area (Å²) >= 11 is 5.87. The van der Waals surface area contributed by atoms with Crippen LogP contribution in [0.25, 0.3) is 0 Å². The summed E-state index contributed by atoms with van der Waals surface area (Å²) in [6.07, 6.45) is -0.622. The maximum absolute atomic E-state index is 11.3. The van der Waals surface area contributed by atoms with E-state index >= 15 is 0 Å². The lowest BCUT2D eigenvalue weighted by Crippen LogP contribution is -2.29. The molecule has 4 heteroatoms. The fraction of sp³-hybridized carbons (Fsp3) is 0.188. The van der Waals surface area contributed by atoms with Crippen LogP contribution in [0.2, 0.25) is 5.02 Å². The second-order valence-corrected chi connectivity index (χ2v) is 4.97. The number of carboxylic acid groups (broad SMARTS) is 1. The van der Waals surface area contributed by atoms with Crippen LogP contribution in [0, 0.1) is 6.92 Å². The highest BCUT2D eigenvalue weighted by molar-refractivity contribution is 6.30. The number of hydrogen-bond acceptors (Lipinski definition) is 2. The summed E-state index contributed by atoms with van der Waals surface area (Å²) in [6, 6.07) is 14.4. The van der Waals surface area contributed by atoms with Gasteiger partial charge in [0.1, 0.15) is 5.75 Å². The van der Waals surface area contributed by atoms with E-state index < -0.39 is 12.1 Å².